The highest BCUT2D eigenvalue weighted by molar-refractivity contribution is 6.00. The van der Waals surface area contributed by atoms with Crippen molar-refractivity contribution in [3.8, 4) is 0 Å². The molecular weight excluding hydrogens is 290 g/mol. The van der Waals surface area contributed by atoms with Gasteiger partial charge in [-0.05, 0) is 44.7 Å². The number of carbonyl (C=O) groups is 1. The number of nitrogens with zero attached hydrogens (tertiary/aromatic N) is 1. The number of rotatable bonds is 1. The second-order valence-corrected chi connectivity index (χ2v) is 6.78. The summed E-state index contributed by atoms with van der Waals surface area (Å²) >= 11 is 0. The van der Waals surface area contributed by atoms with Crippen molar-refractivity contribution in [3.05, 3.63) is 29.8 Å². The Hall–Kier alpha value is -1.53. The molecule has 3 atom stereocenters. The highest BCUT2D eigenvalue weighted by atomic mass is 19.1. The molecule has 2 fully saturated rings. The maximum Gasteiger partial charge on any atom is 0.233 e. The lowest BCUT2D eigenvalue weighted by molar-refractivity contribution is -0.131. The zero-order valence-corrected chi connectivity index (χ0v) is 12.5. The summed E-state index contributed by atoms with van der Waals surface area (Å²) in [5.41, 5.74) is 4.67. The predicted molar refractivity (Wildman–Crippen MR) is 78.2 cm³/mol. The molecule has 1 saturated heterocycles. The van der Waals surface area contributed by atoms with Gasteiger partial charge in [0, 0.05) is 24.3 Å². The highest BCUT2D eigenvalue weighted by Crippen LogP contribution is 2.48. The van der Waals surface area contributed by atoms with E-state index in [9.17, 15) is 18.7 Å². The van der Waals surface area contributed by atoms with Crippen LogP contribution >= 0.6 is 0 Å². The van der Waals surface area contributed by atoms with E-state index in [-0.39, 0.29) is 11.6 Å². The van der Waals surface area contributed by atoms with E-state index >= 15 is 0 Å². The van der Waals surface area contributed by atoms with Gasteiger partial charge in [0.1, 0.15) is 11.6 Å². The molecule has 6 heteroatoms. The van der Waals surface area contributed by atoms with E-state index in [1.807, 2.05) is 0 Å². The minimum atomic E-state index is -0.968. The number of halogens is 2. The molecule has 1 aliphatic heterocycles. The van der Waals surface area contributed by atoms with Crippen molar-refractivity contribution in [1.82, 2.24) is 0 Å². The summed E-state index contributed by atoms with van der Waals surface area (Å²) < 4.78 is 26.7. The van der Waals surface area contributed by atoms with Crippen molar-refractivity contribution < 1.29 is 18.7 Å². The first kappa shape index (κ1) is 15.4. The summed E-state index contributed by atoms with van der Waals surface area (Å²) in [6.07, 6.45) is 1.98. The molecule has 0 bridgehead atoms. The molecule has 3 N–H and O–H groups in total. The van der Waals surface area contributed by atoms with Gasteiger partial charge in [0.2, 0.25) is 5.91 Å². The van der Waals surface area contributed by atoms with Gasteiger partial charge in [-0.1, -0.05) is 0 Å². The third kappa shape index (κ3) is 2.40. The normalized spacial score (nSPS) is 35.4. The maximum absolute atomic E-state index is 13.4. The fourth-order valence-electron chi connectivity index (χ4n) is 3.60. The second kappa shape index (κ2) is 4.99. The molecule has 1 aromatic rings. The van der Waals surface area contributed by atoms with Crippen molar-refractivity contribution in [2.45, 2.75) is 44.2 Å². The van der Waals surface area contributed by atoms with Crippen LogP contribution in [0.5, 0.6) is 0 Å². The fourth-order valence-corrected chi connectivity index (χ4v) is 3.60. The summed E-state index contributed by atoms with van der Waals surface area (Å²) in [6, 6.07) is 2.64. The van der Waals surface area contributed by atoms with Crippen LogP contribution in [0.2, 0.25) is 0 Å². The van der Waals surface area contributed by atoms with E-state index in [1.54, 1.807) is 6.92 Å². The lowest BCUT2D eigenvalue weighted by Gasteiger charge is -2.43. The lowest BCUT2D eigenvalue weighted by Crippen LogP contribution is -2.55. The zero-order chi connectivity index (χ0) is 16.1. The van der Waals surface area contributed by atoms with Gasteiger partial charge < -0.3 is 15.7 Å². The van der Waals surface area contributed by atoms with Gasteiger partial charge in [-0.15, -0.1) is 0 Å². The van der Waals surface area contributed by atoms with Gasteiger partial charge in [-0.25, -0.2) is 8.78 Å². The average Bonchev–Trinajstić information content (AvgIpc) is 2.72. The minimum absolute atomic E-state index is 0.150. The number of hydrogen-bond acceptors (Lipinski definition) is 3. The van der Waals surface area contributed by atoms with E-state index in [1.165, 1.54) is 17.0 Å². The number of carbonyl (C=O) groups excluding carboxylic acids is 1. The van der Waals surface area contributed by atoms with Crippen LogP contribution in [0.25, 0.3) is 0 Å². The monoisotopic (exact) mass is 310 g/mol. The number of nitrogens with two attached hydrogens (primary N) is 1. The molecule has 4 nitrogen and oxygen atoms in total. The lowest BCUT2D eigenvalue weighted by atomic mass is 9.66. The topological polar surface area (TPSA) is 66.6 Å². The summed E-state index contributed by atoms with van der Waals surface area (Å²) in [5.74, 6) is -1.55. The Bertz CT molecular complexity index is 600. The zero-order valence-electron chi connectivity index (χ0n) is 12.5. The maximum atomic E-state index is 13.4. The molecule has 1 aromatic carbocycles. The van der Waals surface area contributed by atoms with Gasteiger partial charge in [0.15, 0.2) is 0 Å². The summed E-state index contributed by atoms with van der Waals surface area (Å²) in [7, 11) is 0. The predicted octanol–water partition coefficient (Wildman–Crippen LogP) is 1.95. The van der Waals surface area contributed by atoms with E-state index in [4.69, 9.17) is 5.73 Å². The summed E-state index contributed by atoms with van der Waals surface area (Å²) in [5, 5.41) is 10.2. The van der Waals surface area contributed by atoms with Gasteiger partial charge in [-0.2, -0.15) is 0 Å². The third-order valence-electron chi connectivity index (χ3n) is 5.19. The second-order valence-electron chi connectivity index (χ2n) is 6.78. The first-order chi connectivity index (χ1) is 10.2. The van der Waals surface area contributed by atoms with Crippen LogP contribution in [0, 0.1) is 17.0 Å². The van der Waals surface area contributed by atoms with Crippen molar-refractivity contribution in [1.29, 1.82) is 0 Å². The number of aliphatic hydroxyl groups is 1. The highest BCUT2D eigenvalue weighted by Gasteiger charge is 2.53. The van der Waals surface area contributed by atoms with Gasteiger partial charge in [-0.3, -0.25) is 4.79 Å². The van der Waals surface area contributed by atoms with Crippen LogP contribution in [0.15, 0.2) is 18.2 Å². The van der Waals surface area contributed by atoms with Crippen LogP contribution in [-0.4, -0.2) is 29.2 Å². The third-order valence-corrected chi connectivity index (χ3v) is 5.19. The minimum Gasteiger partial charge on any atom is -0.389 e. The first-order valence-corrected chi connectivity index (χ1v) is 7.50. The average molecular weight is 310 g/mol. The Morgan fingerprint density at radius 3 is 2.45 bits per heavy atom. The van der Waals surface area contributed by atoms with Crippen LogP contribution in [0.1, 0.15) is 32.6 Å². The molecule has 1 aliphatic carbocycles. The molecule has 1 amide bonds. The van der Waals surface area contributed by atoms with E-state index < -0.39 is 28.7 Å². The van der Waals surface area contributed by atoms with Crippen molar-refractivity contribution >= 4 is 11.6 Å². The molecule has 1 heterocycles. The van der Waals surface area contributed by atoms with E-state index in [0.29, 0.717) is 32.2 Å². The van der Waals surface area contributed by atoms with Crippen molar-refractivity contribution in [2.75, 3.05) is 11.4 Å². The Balaban J connectivity index is 1.86. The number of benzene rings is 1. The number of anilines is 1. The van der Waals surface area contributed by atoms with Crippen molar-refractivity contribution in [3.63, 3.8) is 0 Å². The smallest absolute Gasteiger partial charge is 0.233 e. The van der Waals surface area contributed by atoms with Crippen molar-refractivity contribution in [2.24, 2.45) is 11.1 Å². The molecule has 0 radical (unpaired) electrons. The van der Waals surface area contributed by atoms with Gasteiger partial charge in [0.25, 0.3) is 0 Å². The van der Waals surface area contributed by atoms with Crippen LogP contribution < -0.4 is 10.6 Å². The summed E-state index contributed by atoms with van der Waals surface area (Å²) in [6.45, 7) is 2.10. The summed E-state index contributed by atoms with van der Waals surface area (Å²) in [4.78, 5) is 14.2. The SMILES string of the molecule is CC1(O)CCC2(CCN(c3cc(F)cc(F)c3)C2=O)CC1N. The Morgan fingerprint density at radius 2 is 1.86 bits per heavy atom. The molecule has 1 spiro atoms. The van der Waals surface area contributed by atoms with Crippen LogP contribution in [0.3, 0.4) is 0 Å². The van der Waals surface area contributed by atoms with Gasteiger partial charge in [0.05, 0.1) is 11.0 Å². The fraction of sp³-hybridized carbons (Fsp3) is 0.562. The molecule has 22 heavy (non-hydrogen) atoms. The largest absolute Gasteiger partial charge is 0.389 e. The number of hydrogen-bond donors (Lipinski definition) is 2. The molecule has 3 unspecified atom stereocenters. The molecule has 1 saturated carbocycles. The molecule has 2 aliphatic rings. The first-order valence-electron chi connectivity index (χ1n) is 7.50. The Labute approximate surface area is 127 Å². The van der Waals surface area contributed by atoms with E-state index in [2.05, 4.69) is 0 Å². The van der Waals surface area contributed by atoms with E-state index in [0.717, 1.165) is 6.07 Å². The Morgan fingerprint density at radius 1 is 1.23 bits per heavy atom. The molecular formula is C16H20F2N2O2. The van der Waals surface area contributed by atoms with Crippen LogP contribution in [0.4, 0.5) is 14.5 Å². The molecule has 3 rings (SSSR count). The molecule has 0 aromatic heterocycles. The Kier molecular flexibility index (Phi) is 3.49. The van der Waals surface area contributed by atoms with Gasteiger partial charge >= 0.3 is 0 Å². The quantitative estimate of drug-likeness (QED) is 0.833. The number of amides is 1. The standard InChI is InChI=1S/C16H20F2N2O2/c1-15(22)2-3-16(9-13(15)19)4-5-20(14(16)21)12-7-10(17)6-11(18)8-12/h6-8,13,22H,2-5,9,19H2,1H3. The molecule has 120 valence electrons. The van der Waals surface area contributed by atoms with Crippen LogP contribution in [-0.2, 0) is 4.79 Å².